The number of amides is 1. The molecule has 0 aromatic rings. The molecule has 1 unspecified atom stereocenters. The fraction of sp³-hybridized carbons (Fsp3) is 0.909. The molecule has 0 radical (unpaired) electrons. The van der Waals surface area contributed by atoms with Gasteiger partial charge in [0, 0.05) is 41.4 Å². The predicted molar refractivity (Wildman–Crippen MR) is 78.0 cm³/mol. The number of halogens is 1. The molecule has 17 heavy (non-hydrogen) atoms. The molecule has 0 spiro atoms. The Morgan fingerprint density at radius 2 is 2.18 bits per heavy atom. The lowest BCUT2D eigenvalue weighted by Crippen LogP contribution is -2.43. The van der Waals surface area contributed by atoms with E-state index < -0.39 is 0 Å². The van der Waals surface area contributed by atoms with Crippen molar-refractivity contribution in [2.45, 2.75) is 32.3 Å². The minimum absolute atomic E-state index is 0.116. The highest BCUT2D eigenvalue weighted by atomic mass is 127. The van der Waals surface area contributed by atoms with Gasteiger partial charge in [0.2, 0.25) is 0 Å². The zero-order valence-corrected chi connectivity index (χ0v) is 13.3. The minimum atomic E-state index is -0.315. The topological polar surface area (TPSA) is 38.8 Å². The van der Waals surface area contributed by atoms with Crippen LogP contribution < -0.4 is 0 Å². The van der Waals surface area contributed by atoms with E-state index in [1.807, 2.05) is 4.90 Å². The van der Waals surface area contributed by atoms with E-state index in [1.54, 1.807) is 14.0 Å². The van der Waals surface area contributed by atoms with Gasteiger partial charge < -0.3 is 13.8 Å². The van der Waals surface area contributed by atoms with E-state index in [0.717, 1.165) is 39.0 Å². The van der Waals surface area contributed by atoms with Gasteiger partial charge in [0.1, 0.15) is 6.10 Å². The number of nitrogens with zero attached hydrogens (tertiary/aromatic N) is 1. The van der Waals surface area contributed by atoms with Crippen LogP contribution in [0.25, 0.3) is 0 Å². The Morgan fingerprint density at radius 3 is 2.71 bits per heavy atom. The summed E-state index contributed by atoms with van der Waals surface area (Å²) >= 11 is 2.13. The van der Waals surface area contributed by atoms with E-state index in [2.05, 4.69) is 21.2 Å². The number of methoxy groups -OCH3 is 1. The largest absolute Gasteiger partial charge is 0.372 e. The van der Waals surface area contributed by atoms with Gasteiger partial charge in [-0.15, -0.1) is 0 Å². The maximum atomic E-state index is 11.9. The first kappa shape index (κ1) is 15.5. The summed E-state index contributed by atoms with van der Waals surface area (Å²) in [6.45, 7) is 4.32. The Kier molecular flexibility index (Phi) is 7.81. The van der Waals surface area contributed by atoms with Crippen molar-refractivity contribution in [3.8, 4) is 0 Å². The van der Waals surface area contributed by atoms with Crippen molar-refractivity contribution >= 4 is 36.3 Å². The van der Waals surface area contributed by atoms with Crippen LogP contribution in [0.15, 0.2) is 0 Å². The van der Waals surface area contributed by atoms with Gasteiger partial charge >= 0.3 is 0 Å². The summed E-state index contributed by atoms with van der Waals surface area (Å²) < 4.78 is 10.3. The van der Waals surface area contributed by atoms with Crippen LogP contribution >= 0.6 is 30.4 Å². The molecule has 0 aliphatic carbocycles. The summed E-state index contributed by atoms with van der Waals surface area (Å²) in [5.41, 5.74) is 0. The maximum Gasteiger partial charge on any atom is 0.251 e. The first-order valence-corrected chi connectivity index (χ1v) is 9.19. The number of hydrogen-bond donors (Lipinski definition) is 0. The average molecular weight is 373 g/mol. The van der Waals surface area contributed by atoms with Crippen LogP contribution in [-0.4, -0.2) is 43.7 Å². The third-order valence-corrected chi connectivity index (χ3v) is 4.30. The second-order valence-electron chi connectivity index (χ2n) is 4.32. The van der Waals surface area contributed by atoms with Crippen molar-refractivity contribution < 1.29 is 13.7 Å². The summed E-state index contributed by atoms with van der Waals surface area (Å²) in [4.78, 5) is 13.8. The summed E-state index contributed by atoms with van der Waals surface area (Å²) in [6, 6.07) is 0. The van der Waals surface area contributed by atoms with E-state index in [-0.39, 0.29) is 12.0 Å². The molecule has 0 aromatic heterocycles. The fourth-order valence-corrected chi connectivity index (χ4v) is 2.74. The molecular formula is C11H20INO3S. The number of carbonyl (C=O) groups excluding carboxylic acids is 1. The van der Waals surface area contributed by atoms with Gasteiger partial charge in [0.05, 0.1) is 15.8 Å². The van der Waals surface area contributed by atoms with Crippen LogP contribution in [0, 0.1) is 5.92 Å². The van der Waals surface area contributed by atoms with Gasteiger partial charge in [-0.2, -0.15) is 0 Å². The van der Waals surface area contributed by atoms with Crippen molar-refractivity contribution in [2.75, 3.05) is 26.8 Å². The SMILES string of the molecule is COC(C)C(=O)N1CCC(CCOSI)CC1. The highest BCUT2D eigenvalue weighted by Crippen LogP contribution is 2.22. The lowest BCUT2D eigenvalue weighted by Gasteiger charge is -2.33. The van der Waals surface area contributed by atoms with Crippen LogP contribution in [0.4, 0.5) is 0 Å². The molecule has 1 heterocycles. The number of piperidine rings is 1. The molecule has 0 saturated carbocycles. The molecule has 1 saturated heterocycles. The maximum absolute atomic E-state index is 11.9. The first-order valence-electron chi connectivity index (χ1n) is 5.90. The highest BCUT2D eigenvalue weighted by molar-refractivity contribution is 14.2. The van der Waals surface area contributed by atoms with Crippen LogP contribution in [0.3, 0.4) is 0 Å². The Hall–Kier alpha value is 0.470. The van der Waals surface area contributed by atoms with Gasteiger partial charge in [0.15, 0.2) is 0 Å². The van der Waals surface area contributed by atoms with Crippen LogP contribution in [0.5, 0.6) is 0 Å². The van der Waals surface area contributed by atoms with Crippen molar-refractivity contribution in [3.05, 3.63) is 0 Å². The quantitative estimate of drug-likeness (QED) is 0.408. The number of carbonyl (C=O) groups is 1. The standard InChI is InChI=1S/C11H20INO3S/c1-9(15-2)11(14)13-6-3-10(4-7-13)5-8-16-17-12/h9-10H,3-8H2,1-2H3. The molecule has 0 aromatic carbocycles. The second kappa shape index (κ2) is 8.55. The van der Waals surface area contributed by atoms with E-state index >= 15 is 0 Å². The van der Waals surface area contributed by atoms with Gasteiger partial charge in [-0.1, -0.05) is 0 Å². The molecule has 1 rings (SSSR count). The molecule has 1 atom stereocenters. The average Bonchev–Trinajstić information content (AvgIpc) is 2.38. The van der Waals surface area contributed by atoms with E-state index in [1.165, 1.54) is 9.21 Å². The summed E-state index contributed by atoms with van der Waals surface area (Å²) in [6.07, 6.45) is 2.94. The molecule has 4 nitrogen and oxygen atoms in total. The third-order valence-electron chi connectivity index (χ3n) is 3.28. The Morgan fingerprint density at radius 1 is 1.53 bits per heavy atom. The molecule has 6 heteroatoms. The molecule has 100 valence electrons. The first-order chi connectivity index (χ1) is 8.19. The molecule has 1 fully saturated rings. The van der Waals surface area contributed by atoms with E-state index in [4.69, 9.17) is 8.92 Å². The number of hydrogen-bond acceptors (Lipinski definition) is 4. The summed E-state index contributed by atoms with van der Waals surface area (Å²) in [7, 11) is 2.97. The van der Waals surface area contributed by atoms with Gasteiger partial charge in [-0.3, -0.25) is 4.79 Å². The normalized spacial score (nSPS) is 19.4. The van der Waals surface area contributed by atoms with Crippen molar-refractivity contribution in [3.63, 3.8) is 0 Å². The predicted octanol–water partition coefficient (Wildman–Crippen LogP) is 2.66. The molecule has 1 aliphatic rings. The number of rotatable bonds is 6. The van der Waals surface area contributed by atoms with E-state index in [0.29, 0.717) is 5.92 Å². The fourth-order valence-electron chi connectivity index (χ4n) is 2.05. The van der Waals surface area contributed by atoms with Crippen LogP contribution in [0.1, 0.15) is 26.2 Å². The van der Waals surface area contributed by atoms with Gasteiger partial charge in [-0.05, 0) is 32.1 Å². The van der Waals surface area contributed by atoms with Gasteiger partial charge in [0.25, 0.3) is 5.91 Å². The lowest BCUT2D eigenvalue weighted by atomic mass is 9.94. The summed E-state index contributed by atoms with van der Waals surface area (Å²) in [5, 5.41) is 0. The Bertz CT molecular complexity index is 235. The number of ether oxygens (including phenoxy) is 1. The van der Waals surface area contributed by atoms with E-state index in [9.17, 15) is 4.79 Å². The summed E-state index contributed by atoms with van der Waals surface area (Å²) in [5.74, 6) is 0.811. The Balaban J connectivity index is 2.23. The zero-order valence-electron chi connectivity index (χ0n) is 10.4. The van der Waals surface area contributed by atoms with Gasteiger partial charge in [-0.25, -0.2) is 0 Å². The van der Waals surface area contributed by atoms with Crippen LogP contribution in [-0.2, 0) is 13.7 Å². The number of likely N-dealkylation sites (tertiary alicyclic amines) is 1. The van der Waals surface area contributed by atoms with Crippen LogP contribution in [0.2, 0.25) is 0 Å². The minimum Gasteiger partial charge on any atom is -0.372 e. The highest BCUT2D eigenvalue weighted by Gasteiger charge is 2.25. The monoisotopic (exact) mass is 373 g/mol. The molecule has 1 amide bonds. The Labute approximate surface area is 120 Å². The van der Waals surface area contributed by atoms with Crippen molar-refractivity contribution in [1.82, 2.24) is 4.90 Å². The lowest BCUT2D eigenvalue weighted by molar-refractivity contribution is -0.142. The molecular weight excluding hydrogens is 353 g/mol. The van der Waals surface area contributed by atoms with Crippen molar-refractivity contribution in [1.29, 1.82) is 0 Å². The molecule has 0 bridgehead atoms. The molecule has 0 N–H and O–H groups in total. The smallest absolute Gasteiger partial charge is 0.251 e. The van der Waals surface area contributed by atoms with Crippen molar-refractivity contribution in [2.24, 2.45) is 5.92 Å². The zero-order chi connectivity index (χ0) is 12.7. The third kappa shape index (κ3) is 5.32. The second-order valence-corrected chi connectivity index (χ2v) is 5.76. The molecule has 1 aliphatic heterocycles.